The number of nitro benzene ring substituents is 1. The fraction of sp³-hybridized carbons (Fsp3) is 0.381. The van der Waals surface area contributed by atoms with Crippen LogP contribution in [0.15, 0.2) is 42.5 Å². The zero-order chi connectivity index (χ0) is 19.1. The van der Waals surface area contributed by atoms with Gasteiger partial charge in [-0.05, 0) is 61.3 Å². The molecule has 2 aliphatic carbocycles. The second-order valence-corrected chi connectivity index (χ2v) is 7.75. The molecule has 0 heterocycles. The highest BCUT2D eigenvalue weighted by Crippen LogP contribution is 2.61. The highest BCUT2D eigenvalue weighted by molar-refractivity contribution is 5.95. The lowest BCUT2D eigenvalue weighted by molar-refractivity contribution is -0.384. The zero-order valence-electron chi connectivity index (χ0n) is 15.4. The van der Waals surface area contributed by atoms with E-state index in [-0.39, 0.29) is 17.6 Å². The number of nitrogens with zero attached hydrogens (tertiary/aromatic N) is 1. The standard InChI is InChI=1S/C21H23N3O3/c1-12(2)23-21(25)14-7-8-18(19(10-14)24(26)27)22-11-17-16-9-13-5-3-4-6-15(13)20(16)17/h3-8,10,12,16-17,20,22H,9,11H2,1-2H3,(H,23,25). The van der Waals surface area contributed by atoms with E-state index in [1.54, 1.807) is 12.1 Å². The summed E-state index contributed by atoms with van der Waals surface area (Å²) < 4.78 is 0. The van der Waals surface area contributed by atoms with Crippen LogP contribution in [0, 0.1) is 22.0 Å². The van der Waals surface area contributed by atoms with E-state index in [2.05, 4.69) is 34.9 Å². The van der Waals surface area contributed by atoms with Crippen molar-refractivity contribution in [2.75, 3.05) is 11.9 Å². The fourth-order valence-electron chi connectivity index (χ4n) is 4.31. The average molecular weight is 365 g/mol. The summed E-state index contributed by atoms with van der Waals surface area (Å²) >= 11 is 0. The number of fused-ring (bicyclic) bond motifs is 3. The van der Waals surface area contributed by atoms with Gasteiger partial charge in [0.25, 0.3) is 11.6 Å². The van der Waals surface area contributed by atoms with Crippen molar-refractivity contribution in [3.05, 3.63) is 69.3 Å². The Balaban J connectivity index is 1.45. The Hall–Kier alpha value is -2.89. The fourth-order valence-corrected chi connectivity index (χ4v) is 4.31. The van der Waals surface area contributed by atoms with Crippen molar-refractivity contribution in [2.45, 2.75) is 32.2 Å². The van der Waals surface area contributed by atoms with Crippen LogP contribution in [0.4, 0.5) is 11.4 Å². The monoisotopic (exact) mass is 365 g/mol. The van der Waals surface area contributed by atoms with E-state index in [1.165, 1.54) is 17.2 Å². The van der Waals surface area contributed by atoms with Crippen LogP contribution in [-0.4, -0.2) is 23.4 Å². The Kier molecular flexibility index (Phi) is 4.34. The molecule has 2 N–H and O–H groups in total. The highest BCUT2D eigenvalue weighted by Gasteiger charge is 2.54. The van der Waals surface area contributed by atoms with Crippen LogP contribution in [-0.2, 0) is 6.42 Å². The quantitative estimate of drug-likeness (QED) is 0.603. The van der Waals surface area contributed by atoms with Gasteiger partial charge in [0.05, 0.1) is 4.92 Å². The van der Waals surface area contributed by atoms with Crippen LogP contribution in [0.2, 0.25) is 0 Å². The van der Waals surface area contributed by atoms with Gasteiger partial charge in [0.1, 0.15) is 5.69 Å². The van der Waals surface area contributed by atoms with E-state index in [1.807, 2.05) is 13.8 Å². The summed E-state index contributed by atoms with van der Waals surface area (Å²) in [6.45, 7) is 4.42. The Labute approximate surface area is 158 Å². The predicted molar refractivity (Wildman–Crippen MR) is 104 cm³/mol. The van der Waals surface area contributed by atoms with Gasteiger partial charge in [-0.3, -0.25) is 14.9 Å². The van der Waals surface area contributed by atoms with E-state index in [9.17, 15) is 14.9 Å². The maximum atomic E-state index is 12.1. The summed E-state index contributed by atoms with van der Waals surface area (Å²) in [5.41, 5.74) is 3.59. The molecular weight excluding hydrogens is 342 g/mol. The molecule has 0 spiro atoms. The van der Waals surface area contributed by atoms with Crippen molar-refractivity contribution in [1.29, 1.82) is 0 Å². The van der Waals surface area contributed by atoms with E-state index in [0.717, 1.165) is 6.42 Å². The van der Waals surface area contributed by atoms with Gasteiger partial charge in [-0.1, -0.05) is 24.3 Å². The highest BCUT2D eigenvalue weighted by atomic mass is 16.6. The Morgan fingerprint density at radius 2 is 2.04 bits per heavy atom. The number of anilines is 1. The van der Waals surface area contributed by atoms with Crippen molar-refractivity contribution in [3.8, 4) is 0 Å². The summed E-state index contributed by atoms with van der Waals surface area (Å²) in [5, 5.41) is 17.5. The summed E-state index contributed by atoms with van der Waals surface area (Å²) in [6, 6.07) is 13.2. The summed E-state index contributed by atoms with van der Waals surface area (Å²) in [4.78, 5) is 23.2. The van der Waals surface area contributed by atoms with Gasteiger partial charge in [0, 0.05) is 24.2 Å². The molecule has 0 aliphatic heterocycles. The summed E-state index contributed by atoms with van der Waals surface area (Å²) in [5.74, 6) is 1.44. The molecule has 3 unspecified atom stereocenters. The number of nitrogens with one attached hydrogen (secondary N) is 2. The number of rotatable bonds is 6. The number of hydrogen-bond donors (Lipinski definition) is 2. The lowest BCUT2D eigenvalue weighted by Gasteiger charge is -2.12. The van der Waals surface area contributed by atoms with Crippen LogP contribution in [0.5, 0.6) is 0 Å². The third kappa shape index (κ3) is 3.27. The first-order valence-corrected chi connectivity index (χ1v) is 9.36. The molecule has 0 aromatic heterocycles. The Bertz CT molecular complexity index is 909. The molecule has 140 valence electrons. The summed E-state index contributed by atoms with van der Waals surface area (Å²) in [7, 11) is 0. The van der Waals surface area contributed by atoms with Crippen LogP contribution >= 0.6 is 0 Å². The molecule has 1 amide bonds. The molecule has 27 heavy (non-hydrogen) atoms. The lowest BCUT2D eigenvalue weighted by atomic mass is 10.0. The van der Waals surface area contributed by atoms with E-state index >= 15 is 0 Å². The molecule has 1 fully saturated rings. The minimum Gasteiger partial charge on any atom is -0.379 e. The molecule has 6 heteroatoms. The third-order valence-corrected chi connectivity index (χ3v) is 5.61. The van der Waals surface area contributed by atoms with Crippen LogP contribution in [0.25, 0.3) is 0 Å². The molecule has 2 aromatic rings. The van der Waals surface area contributed by atoms with Gasteiger partial charge in [0.2, 0.25) is 0 Å². The topological polar surface area (TPSA) is 84.3 Å². The molecule has 2 aliphatic rings. The number of carbonyl (C=O) groups is 1. The van der Waals surface area contributed by atoms with Crippen molar-refractivity contribution in [3.63, 3.8) is 0 Å². The zero-order valence-corrected chi connectivity index (χ0v) is 15.4. The molecule has 1 saturated carbocycles. The molecule has 3 atom stereocenters. The van der Waals surface area contributed by atoms with Gasteiger partial charge in [-0.15, -0.1) is 0 Å². The van der Waals surface area contributed by atoms with Crippen LogP contribution < -0.4 is 10.6 Å². The molecule has 6 nitrogen and oxygen atoms in total. The van der Waals surface area contributed by atoms with E-state index in [0.29, 0.717) is 35.5 Å². The maximum Gasteiger partial charge on any atom is 0.293 e. The second-order valence-electron chi connectivity index (χ2n) is 7.75. The summed E-state index contributed by atoms with van der Waals surface area (Å²) in [6.07, 6.45) is 1.10. The van der Waals surface area contributed by atoms with Gasteiger partial charge < -0.3 is 10.6 Å². The molecule has 4 rings (SSSR count). The molecule has 0 saturated heterocycles. The van der Waals surface area contributed by atoms with Crippen molar-refractivity contribution in [1.82, 2.24) is 5.32 Å². The average Bonchev–Trinajstić information content (AvgIpc) is 3.17. The molecule has 0 radical (unpaired) electrons. The van der Waals surface area contributed by atoms with Crippen LogP contribution in [0.3, 0.4) is 0 Å². The number of amides is 1. The van der Waals surface area contributed by atoms with Gasteiger partial charge >= 0.3 is 0 Å². The molecule has 2 aromatic carbocycles. The number of nitro groups is 1. The second kappa shape index (κ2) is 6.68. The van der Waals surface area contributed by atoms with Gasteiger partial charge in [0.15, 0.2) is 0 Å². The number of hydrogen-bond acceptors (Lipinski definition) is 4. The predicted octanol–water partition coefficient (Wildman–Crippen LogP) is 3.73. The molecule has 0 bridgehead atoms. The largest absolute Gasteiger partial charge is 0.379 e. The smallest absolute Gasteiger partial charge is 0.293 e. The van der Waals surface area contributed by atoms with Crippen LogP contribution in [0.1, 0.15) is 41.3 Å². The first kappa shape index (κ1) is 17.5. The van der Waals surface area contributed by atoms with Crippen molar-refractivity contribution >= 4 is 17.3 Å². The number of carbonyl (C=O) groups excluding carboxylic acids is 1. The van der Waals surface area contributed by atoms with E-state index in [4.69, 9.17) is 0 Å². The lowest BCUT2D eigenvalue weighted by Crippen LogP contribution is -2.30. The van der Waals surface area contributed by atoms with E-state index < -0.39 is 4.92 Å². The van der Waals surface area contributed by atoms with Crippen molar-refractivity contribution in [2.24, 2.45) is 11.8 Å². The Morgan fingerprint density at radius 1 is 1.26 bits per heavy atom. The number of benzene rings is 2. The normalized spacial score (nSPS) is 22.1. The minimum absolute atomic E-state index is 0.0217. The first-order valence-electron chi connectivity index (χ1n) is 9.36. The molecular formula is C21H23N3O3. The van der Waals surface area contributed by atoms with Gasteiger partial charge in [-0.25, -0.2) is 0 Å². The SMILES string of the molecule is CC(C)NC(=O)c1ccc(NCC2C3Cc4ccccc4C23)c([N+](=O)[O-])c1. The minimum atomic E-state index is -0.433. The van der Waals surface area contributed by atoms with Gasteiger partial charge in [-0.2, -0.15) is 0 Å². The Morgan fingerprint density at radius 3 is 2.78 bits per heavy atom. The first-order chi connectivity index (χ1) is 13.0. The third-order valence-electron chi connectivity index (χ3n) is 5.61. The van der Waals surface area contributed by atoms with Crippen molar-refractivity contribution < 1.29 is 9.72 Å². The maximum absolute atomic E-state index is 12.1.